The summed E-state index contributed by atoms with van der Waals surface area (Å²) in [4.78, 5) is 27.4. The minimum Gasteiger partial charge on any atom is -0.493 e. The molecule has 2 bridgehead atoms. The van der Waals surface area contributed by atoms with Gasteiger partial charge < -0.3 is 14.7 Å². The van der Waals surface area contributed by atoms with Gasteiger partial charge in [0.2, 0.25) is 5.88 Å². The molecule has 2 atom stereocenters. The number of hydrogen-bond donors (Lipinski definition) is 1. The summed E-state index contributed by atoms with van der Waals surface area (Å²) in [6.07, 6.45) is -4.43. The minimum absolute atomic E-state index is 0.156. The van der Waals surface area contributed by atoms with E-state index in [9.17, 15) is 27.9 Å². The van der Waals surface area contributed by atoms with Gasteiger partial charge in [-0.1, -0.05) is 11.6 Å². The zero-order valence-electron chi connectivity index (χ0n) is 17.8. The van der Waals surface area contributed by atoms with Crippen LogP contribution in [0.15, 0.2) is 47.3 Å². The van der Waals surface area contributed by atoms with Crippen molar-refractivity contribution in [3.05, 3.63) is 74.8 Å². The molecule has 0 radical (unpaired) electrons. The number of benzene rings is 2. The Kier molecular flexibility index (Phi) is 5.29. The van der Waals surface area contributed by atoms with Gasteiger partial charge in [-0.2, -0.15) is 18.4 Å². The SMILES string of the molecule is N#Cc1ccc(-n2c(O)c3n(c2=O)[C@H]2C[C@@H]3N(C(=O)COc3ccc(Cl)cc3)C2)cc1C(F)(F)F. The third kappa shape index (κ3) is 3.70. The molecule has 3 heterocycles. The Labute approximate surface area is 200 Å². The van der Waals surface area contributed by atoms with Crippen LogP contribution in [0.4, 0.5) is 13.2 Å². The first-order valence-corrected chi connectivity index (χ1v) is 10.8. The van der Waals surface area contributed by atoms with Crippen LogP contribution in [0, 0.1) is 11.3 Å². The zero-order valence-corrected chi connectivity index (χ0v) is 18.5. The first-order chi connectivity index (χ1) is 16.6. The van der Waals surface area contributed by atoms with Gasteiger partial charge in [0.25, 0.3) is 5.91 Å². The number of alkyl halides is 3. The van der Waals surface area contributed by atoms with Crippen molar-refractivity contribution >= 4 is 17.5 Å². The third-order valence-electron chi connectivity index (χ3n) is 6.24. The minimum atomic E-state index is -4.82. The largest absolute Gasteiger partial charge is 0.493 e. The first-order valence-electron chi connectivity index (χ1n) is 10.5. The molecule has 180 valence electrons. The van der Waals surface area contributed by atoms with Crippen LogP contribution in [-0.4, -0.2) is 38.2 Å². The lowest BCUT2D eigenvalue weighted by Gasteiger charge is -2.27. The highest BCUT2D eigenvalue weighted by atomic mass is 35.5. The number of fused-ring (bicyclic) bond motifs is 5. The predicted molar refractivity (Wildman–Crippen MR) is 116 cm³/mol. The Morgan fingerprint density at radius 1 is 1.23 bits per heavy atom. The molecule has 2 aliphatic rings. The van der Waals surface area contributed by atoms with E-state index in [0.717, 1.165) is 16.7 Å². The molecule has 0 spiro atoms. The lowest BCUT2D eigenvalue weighted by atomic mass is 10.1. The van der Waals surface area contributed by atoms with Gasteiger partial charge in [0.05, 0.1) is 35.0 Å². The van der Waals surface area contributed by atoms with E-state index in [-0.39, 0.29) is 30.4 Å². The quantitative estimate of drug-likeness (QED) is 0.582. The summed E-state index contributed by atoms with van der Waals surface area (Å²) in [5, 5.41) is 20.4. The van der Waals surface area contributed by atoms with Crippen LogP contribution in [-0.2, 0) is 11.0 Å². The topological polar surface area (TPSA) is 100 Å². The molecule has 1 aromatic heterocycles. The molecule has 1 amide bonds. The number of halogens is 4. The molecule has 2 aliphatic heterocycles. The number of hydrogen-bond acceptors (Lipinski definition) is 5. The molecule has 1 fully saturated rings. The van der Waals surface area contributed by atoms with E-state index in [1.807, 2.05) is 0 Å². The van der Waals surface area contributed by atoms with Crippen LogP contribution < -0.4 is 10.4 Å². The standard InChI is InChI=1S/C23H16ClF3N4O4/c24-13-2-5-16(6-3-13)35-11-19(32)29-10-15-8-18(29)20-21(33)31(22(34)30(15)20)14-4-1-12(9-28)17(7-14)23(25,26)27/h1-7,15,18,33H,8,10-11H2/t15-,18-/m0/s1. The van der Waals surface area contributed by atoms with Crippen molar-refractivity contribution in [1.29, 1.82) is 5.26 Å². The number of aromatic hydroxyl groups is 1. The van der Waals surface area contributed by atoms with Crippen molar-refractivity contribution in [3.8, 4) is 23.4 Å². The maximum atomic E-state index is 13.4. The molecular formula is C23H16ClF3N4O4. The molecule has 1 saturated heterocycles. The highest BCUT2D eigenvalue weighted by Crippen LogP contribution is 2.48. The Hall–Kier alpha value is -3.91. The second-order valence-corrected chi connectivity index (χ2v) is 8.67. The van der Waals surface area contributed by atoms with Gasteiger partial charge in [0, 0.05) is 11.6 Å². The maximum Gasteiger partial charge on any atom is 0.417 e. The Morgan fingerprint density at radius 3 is 2.60 bits per heavy atom. The number of amides is 1. The molecule has 3 aromatic rings. The van der Waals surface area contributed by atoms with Gasteiger partial charge in [0.15, 0.2) is 6.61 Å². The van der Waals surface area contributed by atoms with Crippen LogP contribution in [0.1, 0.15) is 35.3 Å². The molecule has 0 saturated carbocycles. The summed E-state index contributed by atoms with van der Waals surface area (Å²) in [6, 6.07) is 9.64. The highest BCUT2D eigenvalue weighted by Gasteiger charge is 2.49. The molecule has 12 heteroatoms. The Morgan fingerprint density at radius 2 is 1.94 bits per heavy atom. The van der Waals surface area contributed by atoms with Gasteiger partial charge in [-0.3, -0.25) is 9.36 Å². The number of imidazole rings is 1. The number of nitrogens with zero attached hydrogens (tertiary/aromatic N) is 4. The van der Waals surface area contributed by atoms with Crippen LogP contribution in [0.5, 0.6) is 11.6 Å². The number of likely N-dealkylation sites (tertiary alicyclic amines) is 1. The summed E-state index contributed by atoms with van der Waals surface area (Å²) in [7, 11) is 0. The van der Waals surface area contributed by atoms with Crippen LogP contribution in [0.25, 0.3) is 5.69 Å². The van der Waals surface area contributed by atoms with Gasteiger partial charge in [0.1, 0.15) is 11.4 Å². The van der Waals surface area contributed by atoms with Crippen LogP contribution in [0.2, 0.25) is 5.02 Å². The lowest BCUT2D eigenvalue weighted by Crippen LogP contribution is -2.40. The smallest absolute Gasteiger partial charge is 0.417 e. The molecule has 1 N–H and O–H groups in total. The molecule has 5 rings (SSSR count). The monoisotopic (exact) mass is 504 g/mol. The van der Waals surface area contributed by atoms with E-state index >= 15 is 0 Å². The number of aromatic nitrogens is 2. The van der Waals surface area contributed by atoms with Crippen molar-refractivity contribution in [2.45, 2.75) is 24.7 Å². The van der Waals surface area contributed by atoms with E-state index < -0.39 is 41.0 Å². The molecule has 35 heavy (non-hydrogen) atoms. The summed E-state index contributed by atoms with van der Waals surface area (Å²) in [6.45, 7) is -0.0773. The lowest BCUT2D eigenvalue weighted by molar-refractivity contribution is -0.138. The van der Waals surface area contributed by atoms with Gasteiger partial charge in [-0.25, -0.2) is 9.36 Å². The summed E-state index contributed by atoms with van der Waals surface area (Å²) >= 11 is 5.83. The number of carbonyl (C=O) groups excluding carboxylic acids is 1. The first kappa shape index (κ1) is 22.9. The number of nitriles is 1. The molecular weight excluding hydrogens is 489 g/mol. The average Bonchev–Trinajstić information content (AvgIpc) is 3.49. The second-order valence-electron chi connectivity index (χ2n) is 8.23. The van der Waals surface area contributed by atoms with Crippen molar-refractivity contribution < 1.29 is 27.8 Å². The number of ether oxygens (including phenoxy) is 1. The number of carbonyl (C=O) groups is 1. The van der Waals surface area contributed by atoms with Crippen LogP contribution in [0.3, 0.4) is 0 Å². The Balaban J connectivity index is 1.45. The summed E-state index contributed by atoms with van der Waals surface area (Å²) in [5.41, 5.74) is -2.60. The fourth-order valence-corrected chi connectivity index (χ4v) is 4.84. The molecule has 0 unspecified atom stereocenters. The molecule has 2 aromatic carbocycles. The highest BCUT2D eigenvalue weighted by molar-refractivity contribution is 6.30. The second kappa shape index (κ2) is 8.09. The van der Waals surface area contributed by atoms with Gasteiger partial charge >= 0.3 is 11.9 Å². The zero-order chi connectivity index (χ0) is 25.1. The van der Waals surface area contributed by atoms with E-state index in [0.29, 0.717) is 23.3 Å². The normalized spacial score (nSPS) is 18.4. The van der Waals surface area contributed by atoms with Crippen molar-refractivity contribution in [2.24, 2.45) is 0 Å². The van der Waals surface area contributed by atoms with Gasteiger partial charge in [-0.05, 0) is 48.9 Å². The number of rotatable bonds is 4. The van der Waals surface area contributed by atoms with E-state index in [2.05, 4.69) is 0 Å². The summed E-state index contributed by atoms with van der Waals surface area (Å²) < 4.78 is 47.8. The molecule has 0 aliphatic carbocycles. The van der Waals surface area contributed by atoms with E-state index in [1.165, 1.54) is 15.5 Å². The van der Waals surface area contributed by atoms with E-state index in [1.54, 1.807) is 24.3 Å². The van der Waals surface area contributed by atoms with Crippen molar-refractivity contribution in [2.75, 3.05) is 13.2 Å². The van der Waals surface area contributed by atoms with Crippen LogP contribution >= 0.6 is 11.6 Å². The maximum absolute atomic E-state index is 13.4. The average molecular weight is 505 g/mol. The Bertz CT molecular complexity index is 1440. The predicted octanol–water partition coefficient (Wildman–Crippen LogP) is 3.80. The molecule has 8 nitrogen and oxygen atoms in total. The van der Waals surface area contributed by atoms with Crippen molar-refractivity contribution in [3.63, 3.8) is 0 Å². The third-order valence-corrected chi connectivity index (χ3v) is 6.49. The summed E-state index contributed by atoms with van der Waals surface area (Å²) in [5.74, 6) is -0.466. The van der Waals surface area contributed by atoms with Gasteiger partial charge in [-0.15, -0.1) is 0 Å². The fraction of sp³-hybridized carbons (Fsp3) is 0.261. The van der Waals surface area contributed by atoms with E-state index in [4.69, 9.17) is 21.6 Å². The van der Waals surface area contributed by atoms with Crippen molar-refractivity contribution in [1.82, 2.24) is 14.0 Å². The fourth-order valence-electron chi connectivity index (χ4n) is 4.72.